The minimum absolute atomic E-state index is 0.0842. The fourth-order valence-electron chi connectivity index (χ4n) is 7.82. The fraction of sp³-hybridized carbons (Fsp3) is 0.541. The van der Waals surface area contributed by atoms with Crippen LogP contribution >= 0.6 is 11.6 Å². The van der Waals surface area contributed by atoms with E-state index in [1.165, 1.54) is 12.1 Å². The van der Waals surface area contributed by atoms with Gasteiger partial charge in [-0.1, -0.05) is 29.8 Å². The summed E-state index contributed by atoms with van der Waals surface area (Å²) >= 11 is 6.58. The van der Waals surface area contributed by atoms with Gasteiger partial charge in [0.2, 0.25) is 5.91 Å². The van der Waals surface area contributed by atoms with Gasteiger partial charge in [-0.3, -0.25) is 14.5 Å². The van der Waals surface area contributed by atoms with Crippen molar-refractivity contribution in [1.82, 2.24) is 19.3 Å². The highest BCUT2D eigenvalue weighted by atomic mass is 35.5. The highest BCUT2D eigenvalue weighted by Crippen LogP contribution is 2.32. The zero-order chi connectivity index (χ0) is 33.9. The second kappa shape index (κ2) is 15.1. The first kappa shape index (κ1) is 34.5. The van der Waals surface area contributed by atoms with Crippen molar-refractivity contribution in [2.45, 2.75) is 75.6 Å². The molecule has 0 radical (unpaired) electrons. The number of nitrogens with one attached hydrogen (secondary N) is 1. The number of halogens is 2. The monoisotopic (exact) mass is 679 g/mol. The average Bonchev–Trinajstić information content (AvgIpc) is 3.68. The van der Waals surface area contributed by atoms with Crippen LogP contribution in [0.1, 0.15) is 60.9 Å². The number of para-hydroxylation sites is 1. The molecule has 6 rings (SSSR count). The summed E-state index contributed by atoms with van der Waals surface area (Å²) in [6, 6.07) is 10.9. The van der Waals surface area contributed by atoms with Gasteiger partial charge in [-0.05, 0) is 95.9 Å². The van der Waals surface area contributed by atoms with E-state index in [0.717, 1.165) is 75.2 Å². The van der Waals surface area contributed by atoms with Crippen molar-refractivity contribution in [2.24, 2.45) is 13.0 Å². The predicted octanol–water partition coefficient (Wildman–Crippen LogP) is 5.54. The number of fused-ring (bicyclic) bond motifs is 1. The zero-order valence-corrected chi connectivity index (χ0v) is 28.9. The second-order valence-electron chi connectivity index (χ2n) is 14.1. The van der Waals surface area contributed by atoms with Gasteiger partial charge in [0.1, 0.15) is 12.1 Å². The molecular formula is C37H47ClFN5O4. The first-order valence-electron chi connectivity index (χ1n) is 17.2. The molecular weight excluding hydrogens is 633 g/mol. The topological polar surface area (TPSA) is 87.1 Å². The summed E-state index contributed by atoms with van der Waals surface area (Å²) in [5.74, 6) is -1.04. The molecule has 2 saturated heterocycles. The molecule has 9 nitrogen and oxygen atoms in total. The summed E-state index contributed by atoms with van der Waals surface area (Å²) in [6.07, 6.45) is 9.09. The van der Waals surface area contributed by atoms with Crippen molar-refractivity contribution in [2.75, 3.05) is 45.7 Å². The number of hydrogen-bond donors (Lipinski definition) is 1. The number of carbonyl (C=O) groups is 3. The molecule has 258 valence electrons. The molecule has 1 aromatic heterocycles. The summed E-state index contributed by atoms with van der Waals surface area (Å²) in [7, 11) is 6.12. The number of aromatic nitrogens is 1. The van der Waals surface area contributed by atoms with E-state index < -0.39 is 11.7 Å². The number of hydrogen-bond acceptors (Lipinski definition) is 6. The number of aldehydes is 1. The molecule has 0 unspecified atom stereocenters. The van der Waals surface area contributed by atoms with Crippen molar-refractivity contribution in [3.05, 3.63) is 64.6 Å². The Morgan fingerprint density at radius 1 is 1.08 bits per heavy atom. The summed E-state index contributed by atoms with van der Waals surface area (Å²) in [5.41, 5.74) is 1.71. The number of anilines is 1. The Bertz CT molecular complexity index is 1630. The lowest BCUT2D eigenvalue weighted by Gasteiger charge is -2.38. The highest BCUT2D eigenvalue weighted by Gasteiger charge is 2.40. The van der Waals surface area contributed by atoms with Crippen molar-refractivity contribution in [3.8, 4) is 0 Å². The SMILES string of the molecule is CN(C)C1CCN([C@H]2C[C@@H](CO[C@H]3CC[C@H](C=O)CC3)N(C(=O)Cc3cc(Cl)c(NC(=O)c4cn(C)c5ccccc45)cc3F)C2)CC1. The number of aryl methyl sites for hydroxylation is 1. The zero-order valence-electron chi connectivity index (χ0n) is 28.2. The van der Waals surface area contributed by atoms with Gasteiger partial charge in [0.15, 0.2) is 0 Å². The molecule has 3 aromatic rings. The molecule has 0 bridgehead atoms. The third kappa shape index (κ3) is 7.62. The third-order valence-electron chi connectivity index (χ3n) is 10.8. The first-order chi connectivity index (χ1) is 23.1. The van der Waals surface area contributed by atoms with E-state index in [4.69, 9.17) is 16.3 Å². The average molecular weight is 680 g/mol. The van der Waals surface area contributed by atoms with Crippen molar-refractivity contribution >= 4 is 46.3 Å². The molecule has 3 heterocycles. The van der Waals surface area contributed by atoms with E-state index in [1.54, 1.807) is 6.20 Å². The Morgan fingerprint density at radius 3 is 2.52 bits per heavy atom. The number of piperidine rings is 1. The lowest BCUT2D eigenvalue weighted by Crippen LogP contribution is -2.47. The van der Waals surface area contributed by atoms with Gasteiger partial charge >= 0.3 is 0 Å². The molecule has 3 fully saturated rings. The van der Waals surface area contributed by atoms with Crippen LogP contribution in [-0.4, -0.2) is 102 Å². The maximum absolute atomic E-state index is 15.6. The molecule has 0 spiro atoms. The standard InChI is InChI=1S/C37H47ClFN5O4/c1-41(2)26-12-14-43(15-13-26)27-18-28(23-48-29-10-8-24(22-45)9-11-29)44(20-27)36(46)17-25-16-32(38)34(19-33(25)39)40-37(47)31-21-42(3)35-7-5-4-6-30(31)35/h4-7,16,19,21-22,24,26-29H,8-15,17-18,20,23H2,1-3H3,(H,40,47)/t24-,27-,28-,29-/m0/s1. The summed E-state index contributed by atoms with van der Waals surface area (Å²) in [5, 5.41) is 3.71. The van der Waals surface area contributed by atoms with Gasteiger partial charge in [0.25, 0.3) is 5.91 Å². The molecule has 2 amide bonds. The van der Waals surface area contributed by atoms with Gasteiger partial charge in [-0.15, -0.1) is 0 Å². The highest BCUT2D eigenvalue weighted by molar-refractivity contribution is 6.34. The maximum Gasteiger partial charge on any atom is 0.257 e. The quantitative estimate of drug-likeness (QED) is 0.284. The van der Waals surface area contributed by atoms with Crippen molar-refractivity contribution in [3.63, 3.8) is 0 Å². The number of carbonyl (C=O) groups excluding carboxylic acids is 3. The van der Waals surface area contributed by atoms with Crippen LogP contribution in [0, 0.1) is 11.7 Å². The minimum atomic E-state index is -0.595. The van der Waals surface area contributed by atoms with Gasteiger partial charge in [-0.2, -0.15) is 0 Å². The molecule has 2 atom stereocenters. The Balaban J connectivity index is 1.13. The molecule has 1 N–H and O–H groups in total. The van der Waals surface area contributed by atoms with E-state index in [-0.39, 0.29) is 52.7 Å². The molecule has 3 aliphatic rings. The predicted molar refractivity (Wildman–Crippen MR) is 186 cm³/mol. The largest absolute Gasteiger partial charge is 0.376 e. The number of amides is 2. The maximum atomic E-state index is 15.6. The lowest BCUT2D eigenvalue weighted by molar-refractivity contribution is -0.133. The van der Waals surface area contributed by atoms with E-state index in [0.29, 0.717) is 24.8 Å². The summed E-state index contributed by atoms with van der Waals surface area (Å²) < 4.78 is 23.8. The Labute approximate surface area is 287 Å². The number of nitrogens with zero attached hydrogens (tertiary/aromatic N) is 4. The van der Waals surface area contributed by atoms with Crippen molar-refractivity contribution < 1.29 is 23.5 Å². The van der Waals surface area contributed by atoms with Crippen LogP contribution < -0.4 is 5.32 Å². The minimum Gasteiger partial charge on any atom is -0.376 e. The van der Waals surface area contributed by atoms with Crippen LogP contribution in [0.2, 0.25) is 5.02 Å². The molecule has 2 aliphatic heterocycles. The van der Waals surface area contributed by atoms with Crippen LogP contribution in [0.3, 0.4) is 0 Å². The molecule has 48 heavy (non-hydrogen) atoms. The fourth-order valence-corrected chi connectivity index (χ4v) is 8.06. The van der Waals surface area contributed by atoms with Crippen LogP contribution in [-0.2, 0) is 27.8 Å². The van der Waals surface area contributed by atoms with Crippen LogP contribution in [0.5, 0.6) is 0 Å². The van der Waals surface area contributed by atoms with Crippen molar-refractivity contribution in [1.29, 1.82) is 0 Å². The molecule has 2 aromatic carbocycles. The Hall–Kier alpha value is -3.31. The van der Waals surface area contributed by atoms with Crippen LogP contribution in [0.4, 0.5) is 10.1 Å². The lowest BCUT2D eigenvalue weighted by atomic mass is 9.88. The van der Waals surface area contributed by atoms with Gasteiger partial charge in [-0.25, -0.2) is 4.39 Å². The molecule has 1 aliphatic carbocycles. The second-order valence-corrected chi connectivity index (χ2v) is 14.5. The number of ether oxygens (including phenoxy) is 1. The van der Waals surface area contributed by atoms with Gasteiger partial charge in [0, 0.05) is 48.7 Å². The number of benzene rings is 2. The van der Waals surface area contributed by atoms with Crippen LogP contribution in [0.25, 0.3) is 10.9 Å². The van der Waals surface area contributed by atoms with E-state index in [9.17, 15) is 14.4 Å². The van der Waals surface area contributed by atoms with Gasteiger partial charge < -0.3 is 29.2 Å². The van der Waals surface area contributed by atoms with E-state index >= 15 is 4.39 Å². The number of rotatable bonds is 10. The Kier molecular flexibility index (Phi) is 10.8. The third-order valence-corrected chi connectivity index (χ3v) is 11.1. The molecule has 1 saturated carbocycles. The number of likely N-dealkylation sites (tertiary alicyclic amines) is 2. The van der Waals surface area contributed by atoms with Crippen LogP contribution in [0.15, 0.2) is 42.6 Å². The summed E-state index contributed by atoms with van der Waals surface area (Å²) in [6.45, 7) is 2.96. The smallest absolute Gasteiger partial charge is 0.257 e. The van der Waals surface area contributed by atoms with E-state index in [2.05, 4.69) is 29.2 Å². The normalized spacial score (nSPS) is 24.0. The summed E-state index contributed by atoms with van der Waals surface area (Å²) in [4.78, 5) is 45.0. The van der Waals surface area contributed by atoms with Gasteiger partial charge in [0.05, 0.1) is 41.4 Å². The molecule has 11 heteroatoms. The Morgan fingerprint density at radius 2 is 1.81 bits per heavy atom. The van der Waals surface area contributed by atoms with E-state index in [1.807, 2.05) is 40.8 Å². The first-order valence-corrected chi connectivity index (χ1v) is 17.6.